The Bertz CT molecular complexity index is 861. The number of benzene rings is 1. The maximum Gasteiger partial charge on any atom is 0.225 e. The van der Waals surface area contributed by atoms with Gasteiger partial charge in [0.1, 0.15) is 0 Å². The molecule has 0 aliphatic carbocycles. The first-order valence-electron chi connectivity index (χ1n) is 9.91. The van der Waals surface area contributed by atoms with E-state index in [0.29, 0.717) is 0 Å². The highest BCUT2D eigenvalue weighted by Gasteiger charge is 2.26. The highest BCUT2D eigenvalue weighted by molar-refractivity contribution is 5.94. The molecule has 2 aromatic rings. The van der Waals surface area contributed by atoms with E-state index >= 15 is 0 Å². The smallest absolute Gasteiger partial charge is 0.225 e. The van der Waals surface area contributed by atoms with E-state index in [4.69, 9.17) is 0 Å². The quantitative estimate of drug-likeness (QED) is 0.746. The topological polar surface area (TPSA) is 58.4 Å². The molecule has 3 rings (SSSR count). The highest BCUT2D eigenvalue weighted by atomic mass is 16.2. The summed E-state index contributed by atoms with van der Waals surface area (Å²) in [7, 11) is 1.94. The average Bonchev–Trinajstić information content (AvgIpc) is 2.93. The molecular formula is C22H30N4O2. The number of anilines is 1. The van der Waals surface area contributed by atoms with Crippen molar-refractivity contribution in [3.8, 4) is 0 Å². The number of aromatic nitrogens is 2. The fraction of sp³-hybridized carbons (Fsp3) is 0.500. The third-order valence-corrected chi connectivity index (χ3v) is 5.82. The van der Waals surface area contributed by atoms with Gasteiger partial charge in [-0.3, -0.25) is 14.3 Å². The van der Waals surface area contributed by atoms with Crippen LogP contribution >= 0.6 is 0 Å². The summed E-state index contributed by atoms with van der Waals surface area (Å²) in [5, 5.41) is 4.46. The molecule has 1 aromatic heterocycles. The third kappa shape index (κ3) is 4.11. The minimum atomic E-state index is -0.0528. The van der Waals surface area contributed by atoms with Gasteiger partial charge in [0, 0.05) is 56.1 Å². The van der Waals surface area contributed by atoms with Crippen LogP contribution < -0.4 is 4.90 Å². The fourth-order valence-corrected chi connectivity index (χ4v) is 3.91. The van der Waals surface area contributed by atoms with Gasteiger partial charge in [0.05, 0.1) is 5.69 Å². The molecule has 1 aromatic carbocycles. The van der Waals surface area contributed by atoms with E-state index in [2.05, 4.69) is 16.9 Å². The van der Waals surface area contributed by atoms with Crippen LogP contribution in [0.4, 0.5) is 5.69 Å². The Labute approximate surface area is 167 Å². The SMILES string of the molecule is CC(=O)c1ccc(N2CCN(C(=O)[C@@H](C)Cc3c(C)nn(C)c3C)CC2)cc1. The second-order valence-corrected chi connectivity index (χ2v) is 7.79. The zero-order valence-electron chi connectivity index (χ0n) is 17.5. The number of Topliss-reactive ketones (excluding diaryl/α,β-unsaturated/α-hetero) is 1. The molecule has 0 bridgehead atoms. The van der Waals surface area contributed by atoms with Gasteiger partial charge in [-0.15, -0.1) is 0 Å². The van der Waals surface area contributed by atoms with Crippen LogP contribution in [0.3, 0.4) is 0 Å². The Morgan fingerprint density at radius 3 is 2.18 bits per heavy atom. The molecule has 1 amide bonds. The summed E-state index contributed by atoms with van der Waals surface area (Å²) < 4.78 is 1.89. The molecule has 1 aliphatic rings. The molecule has 0 radical (unpaired) electrons. The molecule has 1 saturated heterocycles. The van der Waals surface area contributed by atoms with Gasteiger partial charge in [0.15, 0.2) is 5.78 Å². The second kappa shape index (κ2) is 8.17. The average molecular weight is 383 g/mol. The van der Waals surface area contributed by atoms with Crippen molar-refractivity contribution >= 4 is 17.4 Å². The van der Waals surface area contributed by atoms with Gasteiger partial charge in [0.2, 0.25) is 5.91 Å². The Hall–Kier alpha value is -2.63. The van der Waals surface area contributed by atoms with E-state index in [9.17, 15) is 9.59 Å². The molecule has 0 N–H and O–H groups in total. The third-order valence-electron chi connectivity index (χ3n) is 5.82. The van der Waals surface area contributed by atoms with Crippen molar-refractivity contribution in [2.45, 2.75) is 34.1 Å². The van der Waals surface area contributed by atoms with Gasteiger partial charge < -0.3 is 9.80 Å². The molecule has 0 spiro atoms. The number of amides is 1. The van der Waals surface area contributed by atoms with Crippen LogP contribution in [-0.2, 0) is 18.3 Å². The maximum atomic E-state index is 12.9. The van der Waals surface area contributed by atoms with Crippen molar-refractivity contribution in [1.29, 1.82) is 0 Å². The molecule has 0 unspecified atom stereocenters. The van der Waals surface area contributed by atoms with Crippen molar-refractivity contribution in [3.63, 3.8) is 0 Å². The van der Waals surface area contributed by atoms with Crippen molar-refractivity contribution in [2.75, 3.05) is 31.1 Å². The van der Waals surface area contributed by atoms with Gasteiger partial charge >= 0.3 is 0 Å². The van der Waals surface area contributed by atoms with Crippen molar-refractivity contribution in [2.24, 2.45) is 13.0 Å². The second-order valence-electron chi connectivity index (χ2n) is 7.79. The zero-order chi connectivity index (χ0) is 20.4. The standard InChI is InChI=1S/C22H30N4O2/c1-15(14-21-16(2)23-24(5)17(21)3)22(28)26-12-10-25(11-13-26)20-8-6-19(7-9-20)18(4)27/h6-9,15H,10-14H2,1-5H3/t15-/m0/s1. The van der Waals surface area contributed by atoms with Gasteiger partial charge in [-0.25, -0.2) is 0 Å². The van der Waals surface area contributed by atoms with Gasteiger partial charge in [-0.05, 0) is 57.0 Å². The van der Waals surface area contributed by atoms with E-state index < -0.39 is 0 Å². The first kappa shape index (κ1) is 20.1. The van der Waals surface area contributed by atoms with Crippen molar-refractivity contribution < 1.29 is 9.59 Å². The molecule has 0 saturated carbocycles. The fourth-order valence-electron chi connectivity index (χ4n) is 3.91. The van der Waals surface area contributed by atoms with Crippen LogP contribution in [0.15, 0.2) is 24.3 Å². The summed E-state index contributed by atoms with van der Waals surface area (Å²) in [5.41, 5.74) is 5.17. The number of ketones is 1. The summed E-state index contributed by atoms with van der Waals surface area (Å²) in [6, 6.07) is 7.72. The minimum Gasteiger partial charge on any atom is -0.368 e. The lowest BCUT2D eigenvalue weighted by atomic mass is 9.98. The molecule has 6 nitrogen and oxygen atoms in total. The largest absolute Gasteiger partial charge is 0.368 e. The number of carbonyl (C=O) groups is 2. The lowest BCUT2D eigenvalue weighted by Gasteiger charge is -2.37. The molecule has 28 heavy (non-hydrogen) atoms. The van der Waals surface area contributed by atoms with E-state index in [1.54, 1.807) is 6.92 Å². The summed E-state index contributed by atoms with van der Waals surface area (Å²) in [5.74, 6) is 0.243. The van der Waals surface area contributed by atoms with E-state index in [1.165, 1.54) is 5.56 Å². The normalized spacial score (nSPS) is 15.6. The molecule has 150 valence electrons. The Morgan fingerprint density at radius 2 is 1.68 bits per heavy atom. The zero-order valence-corrected chi connectivity index (χ0v) is 17.5. The summed E-state index contributed by atoms with van der Waals surface area (Å²) >= 11 is 0. The first-order valence-corrected chi connectivity index (χ1v) is 9.91. The number of hydrogen-bond acceptors (Lipinski definition) is 4. The monoisotopic (exact) mass is 382 g/mol. The molecule has 1 aliphatic heterocycles. The van der Waals surface area contributed by atoms with Crippen molar-refractivity contribution in [3.05, 3.63) is 46.8 Å². The van der Waals surface area contributed by atoms with E-state index in [0.717, 1.165) is 55.2 Å². The molecule has 1 fully saturated rings. The predicted octanol–water partition coefficient (Wildman–Crippen LogP) is 2.77. The molecule has 6 heteroatoms. The maximum absolute atomic E-state index is 12.9. The van der Waals surface area contributed by atoms with E-state index in [1.807, 2.05) is 54.7 Å². The highest BCUT2D eigenvalue weighted by Crippen LogP contribution is 2.21. The van der Waals surface area contributed by atoms with Crippen LogP contribution in [0.1, 0.15) is 41.2 Å². The van der Waals surface area contributed by atoms with Gasteiger partial charge in [-0.2, -0.15) is 5.10 Å². The number of piperazine rings is 1. The van der Waals surface area contributed by atoms with Gasteiger partial charge in [-0.1, -0.05) is 6.92 Å². The Balaban J connectivity index is 1.57. The Kier molecular flexibility index (Phi) is 5.87. The summed E-state index contributed by atoms with van der Waals surface area (Å²) in [6.45, 7) is 10.7. The van der Waals surface area contributed by atoms with E-state index in [-0.39, 0.29) is 17.6 Å². The summed E-state index contributed by atoms with van der Waals surface area (Å²) in [6.07, 6.45) is 0.733. The van der Waals surface area contributed by atoms with Crippen LogP contribution in [-0.4, -0.2) is 52.5 Å². The number of carbonyl (C=O) groups excluding carboxylic acids is 2. The summed E-state index contributed by atoms with van der Waals surface area (Å²) in [4.78, 5) is 28.6. The Morgan fingerprint density at radius 1 is 1.07 bits per heavy atom. The predicted molar refractivity (Wildman–Crippen MR) is 111 cm³/mol. The van der Waals surface area contributed by atoms with Crippen molar-refractivity contribution in [1.82, 2.24) is 14.7 Å². The van der Waals surface area contributed by atoms with Crippen LogP contribution in [0.2, 0.25) is 0 Å². The molecule has 2 heterocycles. The van der Waals surface area contributed by atoms with Gasteiger partial charge in [0.25, 0.3) is 0 Å². The van der Waals surface area contributed by atoms with Crippen LogP contribution in [0.5, 0.6) is 0 Å². The number of hydrogen-bond donors (Lipinski definition) is 0. The first-order chi connectivity index (χ1) is 13.3. The number of nitrogens with zero attached hydrogens (tertiary/aromatic N) is 4. The van der Waals surface area contributed by atoms with Crippen LogP contribution in [0, 0.1) is 19.8 Å². The number of aryl methyl sites for hydroxylation is 2. The van der Waals surface area contributed by atoms with Crippen LogP contribution in [0.25, 0.3) is 0 Å². The molecular weight excluding hydrogens is 352 g/mol. The molecule has 1 atom stereocenters. The lowest BCUT2D eigenvalue weighted by molar-refractivity contribution is -0.135. The lowest BCUT2D eigenvalue weighted by Crippen LogP contribution is -2.50. The minimum absolute atomic E-state index is 0.0528. The number of rotatable bonds is 5.